The predicted molar refractivity (Wildman–Crippen MR) is 125 cm³/mol. The lowest BCUT2D eigenvalue weighted by molar-refractivity contribution is -0.120. The van der Waals surface area contributed by atoms with Crippen molar-refractivity contribution in [2.75, 3.05) is 0 Å². The number of hydrogen-bond acceptors (Lipinski definition) is 5. The Balaban J connectivity index is 1.31. The zero-order valence-corrected chi connectivity index (χ0v) is 18.6. The van der Waals surface area contributed by atoms with E-state index < -0.39 is 13.1 Å². The van der Waals surface area contributed by atoms with E-state index in [0.29, 0.717) is 16.8 Å². The van der Waals surface area contributed by atoms with Crippen LogP contribution in [0, 0.1) is 5.41 Å². The molecular weight excluding hydrogens is 419 g/mol. The predicted octanol–water partition coefficient (Wildman–Crippen LogP) is 3.05. The van der Waals surface area contributed by atoms with E-state index in [1.807, 2.05) is 41.1 Å². The molecule has 1 aromatic carbocycles. The third-order valence-electron chi connectivity index (χ3n) is 7.44. The number of furan rings is 1. The molecule has 1 amide bonds. The Labute approximate surface area is 192 Å². The third kappa shape index (κ3) is 4.13. The molecule has 5 rings (SSSR count). The van der Waals surface area contributed by atoms with Crippen LogP contribution >= 0.6 is 0 Å². The molecule has 3 heterocycles. The van der Waals surface area contributed by atoms with Gasteiger partial charge in [0.1, 0.15) is 5.58 Å². The van der Waals surface area contributed by atoms with Gasteiger partial charge in [-0.3, -0.25) is 9.59 Å². The molecule has 3 N–H and O–H groups in total. The number of amides is 1. The molecule has 1 atom stereocenters. The van der Waals surface area contributed by atoms with E-state index in [0.717, 1.165) is 49.6 Å². The third-order valence-corrected chi connectivity index (χ3v) is 7.44. The van der Waals surface area contributed by atoms with Crippen molar-refractivity contribution in [1.29, 1.82) is 0 Å². The molecule has 0 saturated heterocycles. The Morgan fingerprint density at radius 3 is 2.70 bits per heavy atom. The van der Waals surface area contributed by atoms with Gasteiger partial charge in [0.2, 0.25) is 5.91 Å². The van der Waals surface area contributed by atoms with Gasteiger partial charge in [-0.15, -0.1) is 0 Å². The van der Waals surface area contributed by atoms with E-state index in [-0.39, 0.29) is 29.9 Å². The van der Waals surface area contributed by atoms with Crippen LogP contribution in [0.2, 0.25) is 0 Å². The first kappa shape index (κ1) is 22.0. The zero-order valence-electron chi connectivity index (χ0n) is 18.6. The van der Waals surface area contributed by atoms with Gasteiger partial charge < -0.3 is 24.3 Å². The molecule has 0 unspecified atom stereocenters. The second-order valence-electron chi connectivity index (χ2n) is 9.53. The van der Waals surface area contributed by atoms with E-state index in [9.17, 15) is 19.6 Å². The first-order valence-electron chi connectivity index (χ1n) is 11.8. The average molecular weight is 448 g/mol. The van der Waals surface area contributed by atoms with Crippen molar-refractivity contribution >= 4 is 29.8 Å². The quantitative estimate of drug-likeness (QED) is 0.503. The molecule has 2 aliphatic rings. The van der Waals surface area contributed by atoms with Crippen molar-refractivity contribution in [2.45, 2.75) is 63.9 Å². The zero-order chi connectivity index (χ0) is 23.0. The molecule has 172 valence electrons. The molecule has 3 aromatic rings. The van der Waals surface area contributed by atoms with Crippen LogP contribution in [0.1, 0.15) is 60.1 Å². The molecule has 8 heteroatoms. The maximum absolute atomic E-state index is 13.5. The Morgan fingerprint density at radius 2 is 1.91 bits per heavy atom. The highest BCUT2D eigenvalue weighted by molar-refractivity contribution is 6.43. The van der Waals surface area contributed by atoms with Gasteiger partial charge in [-0.25, -0.2) is 0 Å². The molecule has 2 aromatic heterocycles. The fourth-order valence-corrected chi connectivity index (χ4v) is 5.62. The highest BCUT2D eigenvalue weighted by atomic mass is 16.4. The molecule has 1 aliphatic carbocycles. The van der Waals surface area contributed by atoms with Gasteiger partial charge in [0.15, 0.2) is 5.78 Å². The summed E-state index contributed by atoms with van der Waals surface area (Å²) in [4.78, 5) is 26.4. The number of carbonyl (C=O) groups is 2. The number of para-hydroxylation sites is 1. The molecule has 0 radical (unpaired) electrons. The second kappa shape index (κ2) is 8.84. The van der Waals surface area contributed by atoms with Crippen molar-refractivity contribution in [2.24, 2.45) is 5.41 Å². The monoisotopic (exact) mass is 448 g/mol. The van der Waals surface area contributed by atoms with Crippen LogP contribution in [0.25, 0.3) is 11.0 Å². The minimum Gasteiger partial charge on any atom is -0.464 e. The summed E-state index contributed by atoms with van der Waals surface area (Å²) in [6.07, 6.45) is 9.80. The summed E-state index contributed by atoms with van der Waals surface area (Å²) in [5, 5.41) is 23.4. The van der Waals surface area contributed by atoms with Gasteiger partial charge in [-0.05, 0) is 48.9 Å². The summed E-state index contributed by atoms with van der Waals surface area (Å²) < 4.78 is 7.51. The number of ketones is 1. The van der Waals surface area contributed by atoms with Crippen LogP contribution in [0.5, 0.6) is 0 Å². The van der Waals surface area contributed by atoms with Crippen LogP contribution in [0.3, 0.4) is 0 Å². The molecule has 1 saturated carbocycles. The largest absolute Gasteiger partial charge is 0.475 e. The number of Topliss-reactive ketones (excluding diaryl/α,β-unsaturated/α-hetero) is 1. The van der Waals surface area contributed by atoms with Crippen LogP contribution in [0.4, 0.5) is 0 Å². The fraction of sp³-hybridized carbons (Fsp3) is 0.440. The lowest BCUT2D eigenvalue weighted by Crippen LogP contribution is -2.48. The number of benzene rings is 1. The van der Waals surface area contributed by atoms with Gasteiger partial charge in [0, 0.05) is 23.5 Å². The van der Waals surface area contributed by atoms with Gasteiger partial charge in [0.05, 0.1) is 24.3 Å². The van der Waals surface area contributed by atoms with Gasteiger partial charge in [0.25, 0.3) is 0 Å². The van der Waals surface area contributed by atoms with Crippen molar-refractivity contribution in [3.05, 3.63) is 59.6 Å². The highest BCUT2D eigenvalue weighted by Gasteiger charge is 2.44. The minimum absolute atomic E-state index is 0.0273. The smallest absolute Gasteiger partial charge is 0.464 e. The number of aryl methyl sites for hydroxylation is 1. The van der Waals surface area contributed by atoms with E-state index in [2.05, 4.69) is 5.32 Å². The van der Waals surface area contributed by atoms with Crippen LogP contribution < -0.4 is 5.32 Å². The van der Waals surface area contributed by atoms with Crippen molar-refractivity contribution < 1.29 is 24.1 Å². The normalized spacial score (nSPS) is 18.3. The van der Waals surface area contributed by atoms with E-state index in [1.165, 1.54) is 6.42 Å². The summed E-state index contributed by atoms with van der Waals surface area (Å²) in [5.41, 5.74) is 2.59. The lowest BCUT2D eigenvalue weighted by atomic mass is 9.66. The Bertz CT molecular complexity index is 1170. The lowest BCUT2D eigenvalue weighted by Gasteiger charge is -2.39. The number of rotatable bonds is 6. The van der Waals surface area contributed by atoms with Gasteiger partial charge in [-0.2, -0.15) is 0 Å². The SMILES string of the molecule is O=C(Cc1ccn2c1C(=O)C1(CCCCC1)CC2)N[C@@H](Cc1coc2ccccc12)B(O)O. The number of fused-ring (bicyclic) bond motifs is 2. The van der Waals surface area contributed by atoms with Crippen molar-refractivity contribution in [3.63, 3.8) is 0 Å². The summed E-state index contributed by atoms with van der Waals surface area (Å²) in [6, 6.07) is 9.34. The van der Waals surface area contributed by atoms with Crippen LogP contribution in [-0.4, -0.2) is 39.4 Å². The highest BCUT2D eigenvalue weighted by Crippen LogP contribution is 2.45. The average Bonchev–Trinajstić information content (AvgIpc) is 3.41. The molecule has 0 bridgehead atoms. The van der Waals surface area contributed by atoms with Crippen molar-refractivity contribution in [3.8, 4) is 0 Å². The fourth-order valence-electron chi connectivity index (χ4n) is 5.62. The standard InChI is InChI=1S/C25H29BN2O5/c29-22(27-21(26(31)32)14-18-16-33-20-7-3-2-6-19(18)20)15-17-8-12-28-13-11-25(24(30)23(17)28)9-4-1-5-10-25/h2-3,6-8,12,16,21,31-32H,1,4-5,9-11,13-15H2,(H,27,29)/t21-/m0/s1. The molecule has 1 aliphatic heterocycles. The van der Waals surface area contributed by atoms with Gasteiger partial charge >= 0.3 is 7.12 Å². The van der Waals surface area contributed by atoms with Crippen LogP contribution in [-0.2, 0) is 24.2 Å². The Kier molecular flexibility index (Phi) is 5.89. The molecule has 1 spiro atoms. The van der Waals surface area contributed by atoms with E-state index >= 15 is 0 Å². The number of carbonyl (C=O) groups excluding carboxylic acids is 2. The number of nitrogens with zero attached hydrogens (tertiary/aromatic N) is 1. The first-order valence-corrected chi connectivity index (χ1v) is 11.8. The summed E-state index contributed by atoms with van der Waals surface area (Å²) >= 11 is 0. The summed E-state index contributed by atoms with van der Waals surface area (Å²) in [5.74, 6) is -1.06. The van der Waals surface area contributed by atoms with Crippen LogP contribution in [0.15, 0.2) is 47.2 Å². The molecule has 1 fully saturated rings. The molecule has 7 nitrogen and oxygen atoms in total. The minimum atomic E-state index is -1.72. The number of aromatic nitrogens is 1. The Hall–Kier alpha value is -2.84. The molecule has 33 heavy (non-hydrogen) atoms. The Morgan fingerprint density at radius 1 is 1.12 bits per heavy atom. The van der Waals surface area contributed by atoms with Gasteiger partial charge in [-0.1, -0.05) is 37.5 Å². The topological polar surface area (TPSA) is 105 Å². The summed E-state index contributed by atoms with van der Waals surface area (Å²) in [7, 11) is -1.72. The maximum Gasteiger partial charge on any atom is 0.475 e. The maximum atomic E-state index is 13.5. The summed E-state index contributed by atoms with van der Waals surface area (Å²) in [6.45, 7) is 0.800. The number of hydrogen-bond donors (Lipinski definition) is 3. The van der Waals surface area contributed by atoms with E-state index in [4.69, 9.17) is 4.42 Å². The number of nitrogens with one attached hydrogen (secondary N) is 1. The molecular formula is C25H29BN2O5. The van der Waals surface area contributed by atoms with Crippen molar-refractivity contribution in [1.82, 2.24) is 9.88 Å². The second-order valence-corrected chi connectivity index (χ2v) is 9.53. The van der Waals surface area contributed by atoms with E-state index in [1.54, 1.807) is 6.26 Å². The first-order chi connectivity index (χ1) is 16.0.